The Hall–Kier alpha value is -2.74. The molecule has 2 aromatic rings. The van der Waals surface area contributed by atoms with Gasteiger partial charge in [0, 0.05) is 13.1 Å². The number of amides is 2. The Balaban J connectivity index is 1.89. The predicted molar refractivity (Wildman–Crippen MR) is 76.8 cm³/mol. The van der Waals surface area contributed by atoms with E-state index in [1.807, 2.05) is 0 Å². The average molecular weight is 319 g/mol. The summed E-state index contributed by atoms with van der Waals surface area (Å²) in [5.41, 5.74) is 0.473. The van der Waals surface area contributed by atoms with Gasteiger partial charge in [-0.2, -0.15) is 0 Å². The summed E-state index contributed by atoms with van der Waals surface area (Å²) in [6.45, 7) is -0.223. The van der Waals surface area contributed by atoms with Crippen LogP contribution in [0.5, 0.6) is 0 Å². The average Bonchev–Trinajstić information content (AvgIpc) is 3.02. The first-order valence-corrected chi connectivity index (χ1v) is 6.90. The number of benzene rings is 1. The smallest absolute Gasteiger partial charge is 0.257 e. The summed E-state index contributed by atoms with van der Waals surface area (Å²) < 4.78 is 23.6. The number of morpholine rings is 1. The van der Waals surface area contributed by atoms with Gasteiger partial charge in [0.2, 0.25) is 5.91 Å². The van der Waals surface area contributed by atoms with Crippen molar-refractivity contribution in [3.63, 3.8) is 0 Å². The van der Waals surface area contributed by atoms with Gasteiger partial charge in [-0.1, -0.05) is 17.3 Å². The summed E-state index contributed by atoms with van der Waals surface area (Å²) in [7, 11) is 1.55. The molecule has 1 fully saturated rings. The molecule has 1 aliphatic heterocycles. The molecular formula is C15H14FN3O4. The van der Waals surface area contributed by atoms with Crippen molar-refractivity contribution in [3.8, 4) is 0 Å². The third kappa shape index (κ3) is 3.07. The zero-order valence-corrected chi connectivity index (χ0v) is 12.2. The fourth-order valence-corrected chi connectivity index (χ4v) is 2.49. The zero-order chi connectivity index (χ0) is 16.4. The number of nitrogens with one attached hydrogen (secondary N) is 1. The Kier molecular flexibility index (Phi) is 4.07. The van der Waals surface area contributed by atoms with Gasteiger partial charge in [0.15, 0.2) is 11.9 Å². The number of likely N-dealkylation sites (N-methyl/N-ethyl adjacent to an activating group) is 1. The molecule has 1 saturated heterocycles. The van der Waals surface area contributed by atoms with E-state index in [9.17, 15) is 14.0 Å². The van der Waals surface area contributed by atoms with Gasteiger partial charge < -0.3 is 19.5 Å². The Labute approximate surface area is 131 Å². The van der Waals surface area contributed by atoms with Crippen LogP contribution in [0.3, 0.4) is 0 Å². The number of halogens is 1. The van der Waals surface area contributed by atoms with E-state index in [2.05, 4.69) is 15.0 Å². The van der Waals surface area contributed by atoms with Gasteiger partial charge in [0.05, 0.1) is 6.04 Å². The maximum atomic E-state index is 13.5. The molecule has 120 valence electrons. The summed E-state index contributed by atoms with van der Waals surface area (Å²) in [5, 5.41) is 6.13. The van der Waals surface area contributed by atoms with E-state index in [1.165, 1.54) is 35.4 Å². The maximum absolute atomic E-state index is 13.5. The molecule has 2 heterocycles. The Morgan fingerprint density at radius 1 is 1.43 bits per heavy atom. The zero-order valence-electron chi connectivity index (χ0n) is 12.2. The summed E-state index contributed by atoms with van der Waals surface area (Å²) in [6, 6.07) is 6.47. The number of carbonyl (C=O) groups excluding carboxylic acids is 2. The highest BCUT2D eigenvalue weighted by atomic mass is 19.1. The second-order valence-corrected chi connectivity index (χ2v) is 5.11. The van der Waals surface area contributed by atoms with Crippen LogP contribution in [-0.2, 0) is 14.3 Å². The quantitative estimate of drug-likeness (QED) is 0.923. The fourth-order valence-electron chi connectivity index (χ4n) is 2.49. The van der Waals surface area contributed by atoms with E-state index in [1.54, 1.807) is 13.1 Å². The van der Waals surface area contributed by atoms with Crippen LogP contribution in [0.2, 0.25) is 0 Å². The van der Waals surface area contributed by atoms with Crippen LogP contribution >= 0.6 is 0 Å². The number of ether oxygens (including phenoxy) is 1. The van der Waals surface area contributed by atoms with Crippen molar-refractivity contribution in [1.82, 2.24) is 10.1 Å². The summed E-state index contributed by atoms with van der Waals surface area (Å²) in [6.07, 6.45) is 0.327. The first-order valence-electron chi connectivity index (χ1n) is 6.90. The fraction of sp³-hybridized carbons (Fsp3) is 0.267. The predicted octanol–water partition coefficient (Wildman–Crippen LogP) is 1.35. The number of nitrogens with zero attached hydrogens (tertiary/aromatic N) is 2. The maximum Gasteiger partial charge on any atom is 0.257 e. The van der Waals surface area contributed by atoms with Crippen LogP contribution in [0, 0.1) is 5.82 Å². The summed E-state index contributed by atoms with van der Waals surface area (Å²) in [5.74, 6) is -1.00. The minimum absolute atomic E-state index is 0.223. The first-order chi connectivity index (χ1) is 11.1. The van der Waals surface area contributed by atoms with Gasteiger partial charge in [-0.15, -0.1) is 0 Å². The standard InChI is InChI=1S/C15H14FN3O4/c1-19-12(20)8-22-14(15(21)17-11-5-6-23-18-11)13(19)9-3-2-4-10(16)7-9/h2-7,13-14H,8H2,1H3,(H,17,18,21)/t13-,14-/m0/s1. The van der Waals surface area contributed by atoms with Crippen LogP contribution < -0.4 is 5.32 Å². The van der Waals surface area contributed by atoms with Crippen molar-refractivity contribution in [2.24, 2.45) is 0 Å². The molecule has 0 unspecified atom stereocenters. The van der Waals surface area contributed by atoms with Crippen LogP contribution in [0.25, 0.3) is 0 Å². The van der Waals surface area contributed by atoms with E-state index in [0.29, 0.717) is 5.56 Å². The lowest BCUT2D eigenvalue weighted by atomic mass is 9.97. The number of anilines is 1. The second-order valence-electron chi connectivity index (χ2n) is 5.11. The topological polar surface area (TPSA) is 84.7 Å². The number of hydrogen-bond acceptors (Lipinski definition) is 5. The summed E-state index contributed by atoms with van der Waals surface area (Å²) in [4.78, 5) is 25.7. The number of hydrogen-bond donors (Lipinski definition) is 1. The minimum atomic E-state index is -0.990. The van der Waals surface area contributed by atoms with Gasteiger partial charge >= 0.3 is 0 Å². The first kappa shape index (κ1) is 15.2. The molecule has 0 radical (unpaired) electrons. The molecule has 1 aromatic heterocycles. The lowest BCUT2D eigenvalue weighted by molar-refractivity contribution is -0.160. The van der Waals surface area contributed by atoms with E-state index < -0.39 is 23.9 Å². The largest absolute Gasteiger partial charge is 0.363 e. The third-order valence-electron chi connectivity index (χ3n) is 3.62. The Bertz CT molecular complexity index is 719. The van der Waals surface area contributed by atoms with Crippen molar-refractivity contribution in [2.75, 3.05) is 19.0 Å². The van der Waals surface area contributed by atoms with Crippen molar-refractivity contribution >= 4 is 17.6 Å². The van der Waals surface area contributed by atoms with Crippen molar-refractivity contribution in [1.29, 1.82) is 0 Å². The molecule has 1 aliphatic rings. The van der Waals surface area contributed by atoms with Gasteiger partial charge in [-0.05, 0) is 17.7 Å². The van der Waals surface area contributed by atoms with E-state index in [-0.39, 0.29) is 18.3 Å². The minimum Gasteiger partial charge on any atom is -0.363 e. The molecule has 1 aromatic carbocycles. The molecule has 8 heteroatoms. The Morgan fingerprint density at radius 3 is 2.96 bits per heavy atom. The van der Waals surface area contributed by atoms with Crippen LogP contribution in [0.15, 0.2) is 41.1 Å². The monoisotopic (exact) mass is 319 g/mol. The summed E-state index contributed by atoms with van der Waals surface area (Å²) >= 11 is 0. The molecule has 23 heavy (non-hydrogen) atoms. The third-order valence-corrected chi connectivity index (χ3v) is 3.62. The van der Waals surface area contributed by atoms with E-state index >= 15 is 0 Å². The highest BCUT2D eigenvalue weighted by Crippen LogP contribution is 2.30. The van der Waals surface area contributed by atoms with Crippen LogP contribution in [0.1, 0.15) is 11.6 Å². The van der Waals surface area contributed by atoms with Crippen LogP contribution in [-0.4, -0.2) is 41.6 Å². The lowest BCUT2D eigenvalue weighted by Crippen LogP contribution is -2.51. The molecule has 2 atom stereocenters. The Morgan fingerprint density at radius 2 is 2.26 bits per heavy atom. The molecule has 0 saturated carbocycles. The molecule has 3 rings (SSSR count). The number of aromatic nitrogens is 1. The van der Waals surface area contributed by atoms with Crippen molar-refractivity contribution in [3.05, 3.63) is 48.0 Å². The molecule has 1 N–H and O–H groups in total. The SMILES string of the molecule is CN1C(=O)CO[C@H](C(=O)Nc2ccon2)[C@@H]1c1cccc(F)c1. The van der Waals surface area contributed by atoms with E-state index in [0.717, 1.165) is 0 Å². The highest BCUT2D eigenvalue weighted by Gasteiger charge is 2.40. The number of carbonyl (C=O) groups is 2. The van der Waals surface area contributed by atoms with Gasteiger partial charge in [0.1, 0.15) is 18.7 Å². The molecular weight excluding hydrogens is 305 g/mol. The van der Waals surface area contributed by atoms with E-state index in [4.69, 9.17) is 4.74 Å². The van der Waals surface area contributed by atoms with Crippen LogP contribution in [0.4, 0.5) is 10.2 Å². The molecule has 7 nitrogen and oxygen atoms in total. The molecule has 0 spiro atoms. The lowest BCUT2D eigenvalue weighted by Gasteiger charge is -2.38. The number of rotatable bonds is 3. The molecule has 0 aliphatic carbocycles. The highest BCUT2D eigenvalue weighted by molar-refractivity contribution is 5.95. The molecule has 0 bridgehead atoms. The molecule has 2 amide bonds. The van der Waals surface area contributed by atoms with Gasteiger partial charge in [-0.3, -0.25) is 9.59 Å². The second kappa shape index (κ2) is 6.17. The normalized spacial score (nSPS) is 21.3. The van der Waals surface area contributed by atoms with Crippen molar-refractivity contribution < 1.29 is 23.2 Å². The van der Waals surface area contributed by atoms with Crippen molar-refractivity contribution in [2.45, 2.75) is 12.1 Å². The van der Waals surface area contributed by atoms with Gasteiger partial charge in [0.25, 0.3) is 5.91 Å². The van der Waals surface area contributed by atoms with Gasteiger partial charge in [-0.25, -0.2) is 4.39 Å².